The monoisotopic (exact) mass is 439 g/mol. The Morgan fingerprint density at radius 2 is 1.74 bits per heavy atom. The number of amides is 1. The summed E-state index contributed by atoms with van der Waals surface area (Å²) in [5, 5.41) is 9.06. The van der Waals surface area contributed by atoms with Crippen LogP contribution in [0.3, 0.4) is 0 Å². The molecule has 1 heterocycles. The third-order valence-electron chi connectivity index (χ3n) is 5.78. The van der Waals surface area contributed by atoms with Crippen LogP contribution in [0.2, 0.25) is 0 Å². The lowest BCUT2D eigenvalue weighted by Gasteiger charge is -2.24. The van der Waals surface area contributed by atoms with Gasteiger partial charge in [0.05, 0.1) is 17.4 Å². The fourth-order valence-electron chi connectivity index (χ4n) is 3.78. The van der Waals surface area contributed by atoms with E-state index in [0.717, 1.165) is 36.8 Å². The van der Waals surface area contributed by atoms with Crippen molar-refractivity contribution in [3.63, 3.8) is 0 Å². The van der Waals surface area contributed by atoms with Gasteiger partial charge in [-0.2, -0.15) is 9.57 Å². The molecule has 0 atom stereocenters. The average molecular weight is 440 g/mol. The van der Waals surface area contributed by atoms with Crippen LogP contribution in [0.4, 0.5) is 5.69 Å². The Kier molecular flexibility index (Phi) is 7.47. The van der Waals surface area contributed by atoms with Gasteiger partial charge in [-0.15, -0.1) is 0 Å². The summed E-state index contributed by atoms with van der Waals surface area (Å²) in [6.07, 6.45) is 3.96. The molecule has 0 unspecified atom stereocenters. The van der Waals surface area contributed by atoms with E-state index in [9.17, 15) is 13.2 Å². The zero-order valence-electron chi connectivity index (χ0n) is 18.2. The Morgan fingerprint density at radius 1 is 1.03 bits per heavy atom. The van der Waals surface area contributed by atoms with E-state index in [1.807, 2.05) is 32.0 Å². The number of anilines is 1. The van der Waals surface area contributed by atoms with Crippen LogP contribution in [0.1, 0.15) is 53.6 Å². The van der Waals surface area contributed by atoms with Crippen molar-refractivity contribution in [2.75, 3.05) is 24.5 Å². The second kappa shape index (κ2) is 10.1. The molecule has 2 aromatic carbocycles. The largest absolute Gasteiger partial charge is 0.307 e. The summed E-state index contributed by atoms with van der Waals surface area (Å²) < 4.78 is 27.9. The molecule has 1 aliphatic rings. The molecular formula is C24H29N3O3S. The molecule has 1 aliphatic heterocycles. The van der Waals surface area contributed by atoms with Crippen molar-refractivity contribution in [3.05, 3.63) is 59.2 Å². The number of carbonyl (C=O) groups is 1. The molecular weight excluding hydrogens is 410 g/mol. The predicted molar refractivity (Wildman–Crippen MR) is 121 cm³/mol. The molecule has 0 spiro atoms. The number of rotatable bonds is 6. The minimum atomic E-state index is -3.65. The van der Waals surface area contributed by atoms with Crippen molar-refractivity contribution in [3.8, 4) is 6.07 Å². The summed E-state index contributed by atoms with van der Waals surface area (Å²) in [5.74, 6) is -0.314. The third-order valence-corrected chi connectivity index (χ3v) is 7.67. The SMILES string of the molecule is Cc1ccc(N(CCC#N)C(=O)c2cccc(S(=O)(=O)N3CCCCCC3)c2)cc1C. The first-order chi connectivity index (χ1) is 14.8. The number of nitrogens with zero attached hydrogens (tertiary/aromatic N) is 3. The Labute approximate surface area is 185 Å². The van der Waals surface area contributed by atoms with Crippen LogP contribution < -0.4 is 4.90 Å². The highest BCUT2D eigenvalue weighted by atomic mass is 32.2. The van der Waals surface area contributed by atoms with Gasteiger partial charge in [0.25, 0.3) is 5.91 Å². The minimum Gasteiger partial charge on any atom is -0.307 e. The number of hydrogen-bond donors (Lipinski definition) is 0. The Bertz CT molecular complexity index is 1080. The quantitative estimate of drug-likeness (QED) is 0.667. The van der Waals surface area contributed by atoms with Crippen LogP contribution in [0.25, 0.3) is 0 Å². The first-order valence-corrected chi connectivity index (χ1v) is 12.1. The van der Waals surface area contributed by atoms with Crippen LogP contribution >= 0.6 is 0 Å². The molecule has 0 saturated carbocycles. The minimum absolute atomic E-state index is 0.139. The van der Waals surface area contributed by atoms with Crippen molar-refractivity contribution in [1.29, 1.82) is 5.26 Å². The van der Waals surface area contributed by atoms with E-state index in [4.69, 9.17) is 5.26 Å². The van der Waals surface area contributed by atoms with E-state index < -0.39 is 10.0 Å². The number of nitriles is 1. The average Bonchev–Trinajstić information content (AvgIpc) is 3.06. The van der Waals surface area contributed by atoms with Crippen molar-refractivity contribution >= 4 is 21.6 Å². The number of carbonyl (C=O) groups excluding carboxylic acids is 1. The molecule has 1 saturated heterocycles. The molecule has 3 rings (SSSR count). The van der Waals surface area contributed by atoms with Crippen molar-refractivity contribution < 1.29 is 13.2 Å². The molecule has 1 fully saturated rings. The zero-order chi connectivity index (χ0) is 22.4. The summed E-state index contributed by atoms with van der Waals surface area (Å²) in [5.41, 5.74) is 3.16. The van der Waals surface area contributed by atoms with E-state index in [1.54, 1.807) is 23.1 Å². The lowest BCUT2D eigenvalue weighted by molar-refractivity contribution is 0.0987. The van der Waals surface area contributed by atoms with Crippen LogP contribution in [0.5, 0.6) is 0 Å². The highest BCUT2D eigenvalue weighted by Crippen LogP contribution is 2.24. The van der Waals surface area contributed by atoms with Crippen molar-refractivity contribution in [2.45, 2.75) is 50.8 Å². The van der Waals surface area contributed by atoms with E-state index in [-0.39, 0.29) is 23.8 Å². The highest BCUT2D eigenvalue weighted by molar-refractivity contribution is 7.89. The molecule has 31 heavy (non-hydrogen) atoms. The lowest BCUT2D eigenvalue weighted by Crippen LogP contribution is -2.33. The van der Waals surface area contributed by atoms with E-state index >= 15 is 0 Å². The molecule has 6 nitrogen and oxygen atoms in total. The topological polar surface area (TPSA) is 81.5 Å². The fraction of sp³-hybridized carbons (Fsp3) is 0.417. The zero-order valence-corrected chi connectivity index (χ0v) is 19.0. The number of sulfonamides is 1. The molecule has 1 amide bonds. The number of hydrogen-bond acceptors (Lipinski definition) is 4. The number of benzene rings is 2. The molecule has 0 N–H and O–H groups in total. The summed E-state index contributed by atoms with van der Waals surface area (Å²) in [7, 11) is -3.65. The van der Waals surface area contributed by atoms with Gasteiger partial charge in [0.1, 0.15) is 0 Å². The van der Waals surface area contributed by atoms with Gasteiger partial charge in [-0.05, 0) is 68.1 Å². The smallest absolute Gasteiger partial charge is 0.258 e. The van der Waals surface area contributed by atoms with Crippen LogP contribution in [-0.4, -0.2) is 38.3 Å². The van der Waals surface area contributed by atoms with Gasteiger partial charge in [0, 0.05) is 30.9 Å². The van der Waals surface area contributed by atoms with Crippen molar-refractivity contribution in [2.24, 2.45) is 0 Å². The predicted octanol–water partition coefficient (Wildman–Crippen LogP) is 4.43. The molecule has 0 radical (unpaired) electrons. The maximum atomic E-state index is 13.4. The maximum Gasteiger partial charge on any atom is 0.258 e. The normalized spacial score (nSPS) is 15.1. The Hall–Kier alpha value is -2.69. The summed E-state index contributed by atoms with van der Waals surface area (Å²) in [6.45, 7) is 5.23. The molecule has 164 valence electrons. The van der Waals surface area contributed by atoms with E-state index in [2.05, 4.69) is 6.07 Å². The van der Waals surface area contributed by atoms with Crippen molar-refractivity contribution in [1.82, 2.24) is 4.31 Å². The Balaban J connectivity index is 1.93. The van der Waals surface area contributed by atoms with Gasteiger partial charge >= 0.3 is 0 Å². The maximum absolute atomic E-state index is 13.4. The van der Waals surface area contributed by atoms with Gasteiger partial charge in [0.15, 0.2) is 0 Å². The van der Waals surface area contributed by atoms with Crippen LogP contribution in [0.15, 0.2) is 47.4 Å². The van der Waals surface area contributed by atoms with Crippen LogP contribution in [-0.2, 0) is 10.0 Å². The van der Waals surface area contributed by atoms with Gasteiger partial charge in [-0.1, -0.05) is 25.0 Å². The van der Waals surface area contributed by atoms with E-state index in [1.165, 1.54) is 10.4 Å². The van der Waals surface area contributed by atoms with Crippen LogP contribution in [0, 0.1) is 25.2 Å². The molecule has 0 aliphatic carbocycles. The van der Waals surface area contributed by atoms with Gasteiger partial charge in [-0.25, -0.2) is 8.42 Å². The summed E-state index contributed by atoms with van der Waals surface area (Å²) >= 11 is 0. The third kappa shape index (κ3) is 5.33. The first kappa shape index (κ1) is 23.0. The van der Waals surface area contributed by atoms with Gasteiger partial charge in [-0.3, -0.25) is 4.79 Å². The number of aryl methyl sites for hydroxylation is 2. The Morgan fingerprint density at radius 3 is 2.39 bits per heavy atom. The fourth-order valence-corrected chi connectivity index (χ4v) is 5.34. The van der Waals surface area contributed by atoms with Gasteiger partial charge < -0.3 is 4.90 Å². The van der Waals surface area contributed by atoms with Gasteiger partial charge in [0.2, 0.25) is 10.0 Å². The van der Waals surface area contributed by atoms with E-state index in [0.29, 0.717) is 24.3 Å². The second-order valence-corrected chi connectivity index (χ2v) is 9.92. The molecule has 7 heteroatoms. The molecule has 0 bridgehead atoms. The highest BCUT2D eigenvalue weighted by Gasteiger charge is 2.27. The molecule has 2 aromatic rings. The second-order valence-electron chi connectivity index (χ2n) is 7.98. The standard InChI is InChI=1S/C24H29N3O3S/c1-19-11-12-22(17-20(19)2)27(16-8-13-25)24(28)21-9-7-10-23(18-21)31(29,30)26-14-5-3-4-6-15-26/h7,9-12,17-18H,3-6,8,14-16H2,1-2H3. The molecule has 0 aromatic heterocycles. The lowest BCUT2D eigenvalue weighted by atomic mass is 10.1. The summed E-state index contributed by atoms with van der Waals surface area (Å²) in [4.78, 5) is 15.1. The first-order valence-electron chi connectivity index (χ1n) is 10.7. The summed E-state index contributed by atoms with van der Waals surface area (Å²) in [6, 6.07) is 14.1.